The van der Waals surface area contributed by atoms with Gasteiger partial charge in [0.05, 0.1) is 12.8 Å². The van der Waals surface area contributed by atoms with Gasteiger partial charge in [-0.25, -0.2) is 0 Å². The monoisotopic (exact) mass is 270 g/mol. The minimum atomic E-state index is -0.250. The number of fused-ring (bicyclic) bond motifs is 1. The van der Waals surface area contributed by atoms with E-state index in [0.717, 1.165) is 24.3 Å². The molecule has 0 radical (unpaired) electrons. The van der Waals surface area contributed by atoms with Gasteiger partial charge in [0, 0.05) is 13.6 Å². The van der Waals surface area contributed by atoms with E-state index in [0.29, 0.717) is 6.54 Å². The quantitative estimate of drug-likeness (QED) is 0.929. The van der Waals surface area contributed by atoms with Gasteiger partial charge in [0.25, 0.3) is 0 Å². The summed E-state index contributed by atoms with van der Waals surface area (Å²) in [5.41, 5.74) is 2.35. The summed E-state index contributed by atoms with van der Waals surface area (Å²) in [5.74, 6) is 0.874. The number of likely N-dealkylation sites (N-methyl/N-ethyl adjacent to an activating group) is 1. The lowest BCUT2D eigenvalue weighted by molar-refractivity contribution is -0.133. The molecule has 1 atom stereocenters. The SMILES string of the molecule is CN(Cc1ccco1)C(=O)C1NCCc2ccccc21. The fourth-order valence-corrected chi connectivity index (χ4v) is 2.66. The first-order chi connectivity index (χ1) is 9.75. The summed E-state index contributed by atoms with van der Waals surface area (Å²) < 4.78 is 5.30. The number of hydrogen-bond acceptors (Lipinski definition) is 3. The highest BCUT2D eigenvalue weighted by Crippen LogP contribution is 2.24. The molecule has 0 spiro atoms. The highest BCUT2D eigenvalue weighted by Gasteiger charge is 2.28. The van der Waals surface area contributed by atoms with Gasteiger partial charge in [-0.15, -0.1) is 0 Å². The summed E-state index contributed by atoms with van der Waals surface area (Å²) in [5, 5.41) is 3.31. The third kappa shape index (κ3) is 2.47. The summed E-state index contributed by atoms with van der Waals surface area (Å²) in [6.45, 7) is 1.33. The molecule has 2 aromatic rings. The van der Waals surface area contributed by atoms with Gasteiger partial charge in [-0.3, -0.25) is 4.79 Å². The number of benzene rings is 1. The maximum absolute atomic E-state index is 12.6. The van der Waals surface area contributed by atoms with E-state index in [4.69, 9.17) is 4.42 Å². The number of carbonyl (C=O) groups excluding carboxylic acids is 1. The highest BCUT2D eigenvalue weighted by molar-refractivity contribution is 5.83. The molecule has 20 heavy (non-hydrogen) atoms. The molecule has 0 fully saturated rings. The highest BCUT2D eigenvalue weighted by atomic mass is 16.3. The number of nitrogens with one attached hydrogen (secondary N) is 1. The lowest BCUT2D eigenvalue weighted by Crippen LogP contribution is -2.41. The Balaban J connectivity index is 1.77. The second kappa shape index (κ2) is 5.51. The predicted molar refractivity (Wildman–Crippen MR) is 76.1 cm³/mol. The Kier molecular flexibility index (Phi) is 3.56. The van der Waals surface area contributed by atoms with Crippen LogP contribution in [0.4, 0.5) is 0 Å². The number of carbonyl (C=O) groups is 1. The van der Waals surface area contributed by atoms with Crippen LogP contribution in [-0.2, 0) is 17.8 Å². The van der Waals surface area contributed by atoms with Crippen molar-refractivity contribution in [1.29, 1.82) is 0 Å². The first-order valence-electron chi connectivity index (χ1n) is 6.84. The van der Waals surface area contributed by atoms with Crippen LogP contribution in [0.5, 0.6) is 0 Å². The molecule has 2 heterocycles. The lowest BCUT2D eigenvalue weighted by Gasteiger charge is -2.29. The van der Waals surface area contributed by atoms with Crippen LogP contribution in [0.15, 0.2) is 47.1 Å². The number of furan rings is 1. The van der Waals surface area contributed by atoms with Crippen molar-refractivity contribution >= 4 is 5.91 Å². The van der Waals surface area contributed by atoms with E-state index >= 15 is 0 Å². The van der Waals surface area contributed by atoms with E-state index in [-0.39, 0.29) is 11.9 Å². The van der Waals surface area contributed by atoms with Crippen molar-refractivity contribution in [1.82, 2.24) is 10.2 Å². The number of rotatable bonds is 3. The summed E-state index contributed by atoms with van der Waals surface area (Å²) in [6, 6.07) is 11.6. The molecule has 1 N–H and O–H groups in total. The maximum atomic E-state index is 12.6. The Morgan fingerprint density at radius 3 is 3.00 bits per heavy atom. The van der Waals surface area contributed by atoms with Crippen molar-refractivity contribution in [2.24, 2.45) is 0 Å². The molecule has 0 aliphatic carbocycles. The topological polar surface area (TPSA) is 45.5 Å². The molecule has 0 saturated carbocycles. The van der Waals surface area contributed by atoms with Gasteiger partial charge in [-0.2, -0.15) is 0 Å². The number of nitrogens with zero attached hydrogens (tertiary/aromatic N) is 1. The predicted octanol–water partition coefficient (Wildman–Crippen LogP) is 2.12. The van der Waals surface area contributed by atoms with E-state index in [1.165, 1.54) is 5.56 Å². The van der Waals surface area contributed by atoms with Gasteiger partial charge in [0.15, 0.2) is 0 Å². The average molecular weight is 270 g/mol. The van der Waals surface area contributed by atoms with Crippen LogP contribution in [-0.4, -0.2) is 24.4 Å². The fraction of sp³-hybridized carbons (Fsp3) is 0.312. The summed E-state index contributed by atoms with van der Waals surface area (Å²) >= 11 is 0. The van der Waals surface area contributed by atoms with Crippen molar-refractivity contribution in [3.63, 3.8) is 0 Å². The first-order valence-corrected chi connectivity index (χ1v) is 6.84. The fourth-order valence-electron chi connectivity index (χ4n) is 2.66. The maximum Gasteiger partial charge on any atom is 0.244 e. The Morgan fingerprint density at radius 2 is 2.20 bits per heavy atom. The molecule has 1 unspecified atom stereocenters. The van der Waals surface area contributed by atoms with Crippen molar-refractivity contribution in [2.75, 3.05) is 13.6 Å². The van der Waals surface area contributed by atoms with Crippen LogP contribution >= 0.6 is 0 Å². The molecule has 4 heteroatoms. The molecule has 1 aromatic heterocycles. The summed E-state index contributed by atoms with van der Waals surface area (Å²) in [7, 11) is 1.81. The first kappa shape index (κ1) is 12.9. The second-order valence-corrected chi connectivity index (χ2v) is 5.11. The molecule has 1 aliphatic heterocycles. The van der Waals surface area contributed by atoms with Crippen LogP contribution in [0.25, 0.3) is 0 Å². The van der Waals surface area contributed by atoms with Crippen molar-refractivity contribution in [2.45, 2.75) is 19.0 Å². The van der Waals surface area contributed by atoms with Gasteiger partial charge in [0.2, 0.25) is 5.91 Å². The van der Waals surface area contributed by atoms with Gasteiger partial charge in [-0.05, 0) is 29.7 Å². The molecule has 3 rings (SSSR count). The summed E-state index contributed by atoms with van der Waals surface area (Å²) in [6.07, 6.45) is 2.60. The van der Waals surface area contributed by atoms with E-state index in [9.17, 15) is 4.79 Å². The molecule has 0 bridgehead atoms. The Labute approximate surface area is 118 Å². The third-order valence-electron chi connectivity index (χ3n) is 3.71. The molecular weight excluding hydrogens is 252 g/mol. The molecule has 1 aliphatic rings. The van der Waals surface area contributed by atoms with E-state index in [2.05, 4.69) is 11.4 Å². The number of amides is 1. The van der Waals surface area contributed by atoms with Crippen LogP contribution < -0.4 is 5.32 Å². The zero-order valence-corrected chi connectivity index (χ0v) is 11.5. The van der Waals surface area contributed by atoms with Crippen molar-refractivity contribution in [3.05, 3.63) is 59.5 Å². The van der Waals surface area contributed by atoms with Gasteiger partial charge < -0.3 is 14.6 Å². The van der Waals surface area contributed by atoms with Gasteiger partial charge in [0.1, 0.15) is 11.8 Å². The Bertz CT molecular complexity index is 592. The average Bonchev–Trinajstić information content (AvgIpc) is 2.99. The van der Waals surface area contributed by atoms with E-state index in [1.54, 1.807) is 11.2 Å². The zero-order valence-electron chi connectivity index (χ0n) is 11.5. The minimum Gasteiger partial charge on any atom is -0.467 e. The van der Waals surface area contributed by atoms with Crippen LogP contribution in [0, 0.1) is 0 Å². The molecule has 104 valence electrons. The third-order valence-corrected chi connectivity index (χ3v) is 3.71. The van der Waals surface area contributed by atoms with Gasteiger partial charge in [-0.1, -0.05) is 24.3 Å². The smallest absolute Gasteiger partial charge is 0.244 e. The lowest BCUT2D eigenvalue weighted by atomic mass is 9.93. The molecule has 1 amide bonds. The Morgan fingerprint density at radius 1 is 1.35 bits per heavy atom. The molecule has 1 aromatic carbocycles. The molecular formula is C16H18N2O2. The normalized spacial score (nSPS) is 17.6. The van der Waals surface area contributed by atoms with Crippen LogP contribution in [0.2, 0.25) is 0 Å². The minimum absolute atomic E-state index is 0.0774. The van der Waals surface area contributed by atoms with Crippen molar-refractivity contribution < 1.29 is 9.21 Å². The van der Waals surface area contributed by atoms with E-state index in [1.807, 2.05) is 37.4 Å². The number of hydrogen-bond donors (Lipinski definition) is 1. The standard InChI is InChI=1S/C16H18N2O2/c1-18(11-13-6-4-10-20-13)16(19)15-14-7-3-2-5-12(14)8-9-17-15/h2-7,10,15,17H,8-9,11H2,1H3. The second-order valence-electron chi connectivity index (χ2n) is 5.11. The van der Waals surface area contributed by atoms with Gasteiger partial charge >= 0.3 is 0 Å². The zero-order chi connectivity index (χ0) is 13.9. The Hall–Kier alpha value is -2.07. The van der Waals surface area contributed by atoms with Crippen LogP contribution in [0.1, 0.15) is 22.9 Å². The van der Waals surface area contributed by atoms with Crippen LogP contribution in [0.3, 0.4) is 0 Å². The molecule has 4 nitrogen and oxygen atoms in total. The molecule has 0 saturated heterocycles. The van der Waals surface area contributed by atoms with E-state index < -0.39 is 0 Å². The van der Waals surface area contributed by atoms with Crippen molar-refractivity contribution in [3.8, 4) is 0 Å². The largest absolute Gasteiger partial charge is 0.467 e. The summed E-state index contributed by atoms with van der Waals surface area (Å²) in [4.78, 5) is 14.3.